The Morgan fingerprint density at radius 3 is 2.54 bits per heavy atom. The number of carbonyl (C=O) groups is 1. The van der Waals surface area contributed by atoms with Gasteiger partial charge in [-0.15, -0.1) is 0 Å². The summed E-state index contributed by atoms with van der Waals surface area (Å²) in [7, 11) is 0. The molecule has 0 bridgehead atoms. The molecule has 0 saturated carbocycles. The quantitative estimate of drug-likeness (QED) is 0.765. The minimum Gasteiger partial charge on any atom is -0.394 e. The molecule has 3 heterocycles. The molecule has 0 aliphatic carbocycles. The van der Waals surface area contributed by atoms with Crippen LogP contribution in [0, 0.1) is 19.3 Å². The first-order valence-corrected chi connectivity index (χ1v) is 8.32. The zero-order valence-corrected chi connectivity index (χ0v) is 14.9. The van der Waals surface area contributed by atoms with Gasteiger partial charge >= 0.3 is 6.97 Å². The number of aromatic nitrogens is 1. The first kappa shape index (κ1) is 16.9. The van der Waals surface area contributed by atoms with Crippen molar-refractivity contribution in [2.45, 2.75) is 47.5 Å². The number of halogens is 2. The average molecular weight is 332 g/mol. The number of Topliss-reactive ketones (excluding diaryl/α,β-unsaturated/α-hetero) is 1. The summed E-state index contributed by atoms with van der Waals surface area (Å²) in [6.07, 6.45) is 5.84. The fourth-order valence-corrected chi connectivity index (χ4v) is 3.51. The second-order valence-electron chi connectivity index (χ2n) is 7.75. The maximum absolute atomic E-state index is 15.2. The highest BCUT2D eigenvalue weighted by molar-refractivity contribution is 6.58. The summed E-state index contributed by atoms with van der Waals surface area (Å²) in [4.78, 5) is 12.1. The van der Waals surface area contributed by atoms with Gasteiger partial charge < -0.3 is 17.6 Å². The fourth-order valence-electron chi connectivity index (χ4n) is 3.51. The standard InChI is InChI=1S/C18H23BF2N2O/c1-12-10-13(2)22-16(12)11-15-7-6-14(23(15)19(22,20)21)8-9-17(24)18(3,4)5/h6-7,10-11H,8-9H2,1-5H3. The van der Waals surface area contributed by atoms with Crippen molar-refractivity contribution in [3.63, 3.8) is 0 Å². The van der Waals surface area contributed by atoms with Gasteiger partial charge in [0, 0.05) is 42.2 Å². The SMILES string of the molecule is Cc1cc(C)n2c1C=C1C=CC(CCC(=O)C(C)(C)C)=[N+]1[B-]2(F)F. The topological polar surface area (TPSA) is 25.0 Å². The molecule has 6 heteroatoms. The highest BCUT2D eigenvalue weighted by atomic mass is 19.2. The predicted octanol–water partition coefficient (Wildman–Crippen LogP) is 4.10. The van der Waals surface area contributed by atoms with Crippen molar-refractivity contribution in [3.8, 4) is 0 Å². The molecule has 3 rings (SSSR count). The summed E-state index contributed by atoms with van der Waals surface area (Å²) in [5.74, 6) is 0.0855. The molecule has 0 fully saturated rings. The largest absolute Gasteiger partial charge is 0.737 e. The minimum atomic E-state index is -3.93. The molecule has 3 nitrogen and oxygen atoms in total. The van der Waals surface area contributed by atoms with Crippen molar-refractivity contribution >= 4 is 24.5 Å². The number of allylic oxidation sites excluding steroid dienone is 2. The molecule has 0 saturated heterocycles. The van der Waals surface area contributed by atoms with Crippen LogP contribution in [-0.2, 0) is 4.79 Å². The Balaban J connectivity index is 2.00. The molecule has 0 radical (unpaired) electrons. The number of nitrogens with zero attached hydrogens (tertiary/aromatic N) is 2. The van der Waals surface area contributed by atoms with Crippen LogP contribution in [0.5, 0.6) is 0 Å². The Labute approximate surface area is 141 Å². The van der Waals surface area contributed by atoms with Crippen molar-refractivity contribution in [1.82, 2.24) is 4.48 Å². The van der Waals surface area contributed by atoms with E-state index in [1.807, 2.05) is 27.7 Å². The highest BCUT2D eigenvalue weighted by Gasteiger charge is 2.52. The van der Waals surface area contributed by atoms with E-state index in [2.05, 4.69) is 0 Å². The van der Waals surface area contributed by atoms with Crippen LogP contribution in [0.2, 0.25) is 0 Å². The van der Waals surface area contributed by atoms with E-state index >= 15 is 8.63 Å². The van der Waals surface area contributed by atoms with E-state index in [1.54, 1.807) is 31.2 Å². The van der Waals surface area contributed by atoms with Gasteiger partial charge in [0.05, 0.1) is 0 Å². The summed E-state index contributed by atoms with van der Waals surface area (Å²) in [5, 5.41) is 0. The van der Waals surface area contributed by atoms with Crippen LogP contribution < -0.4 is 0 Å². The second kappa shape index (κ2) is 5.26. The summed E-state index contributed by atoms with van der Waals surface area (Å²) < 4.78 is 32.7. The fraction of sp³-hybridized carbons (Fsp3) is 0.444. The molecule has 0 spiro atoms. The molecular weight excluding hydrogens is 309 g/mol. The third kappa shape index (κ3) is 2.48. The average Bonchev–Trinajstić information content (AvgIpc) is 2.98. The van der Waals surface area contributed by atoms with Crippen LogP contribution in [0.3, 0.4) is 0 Å². The van der Waals surface area contributed by atoms with Crippen molar-refractivity contribution in [1.29, 1.82) is 0 Å². The Bertz CT molecular complexity index is 823. The van der Waals surface area contributed by atoms with Crippen molar-refractivity contribution in [3.05, 3.63) is 40.9 Å². The Kier molecular flexibility index (Phi) is 3.70. The van der Waals surface area contributed by atoms with Crippen LogP contribution in [0.15, 0.2) is 23.9 Å². The zero-order valence-electron chi connectivity index (χ0n) is 14.9. The summed E-state index contributed by atoms with van der Waals surface area (Å²) in [6.45, 7) is 5.19. The monoisotopic (exact) mass is 332 g/mol. The minimum absolute atomic E-state index is 0.0855. The Morgan fingerprint density at radius 2 is 1.92 bits per heavy atom. The highest BCUT2D eigenvalue weighted by Crippen LogP contribution is 2.34. The summed E-state index contributed by atoms with van der Waals surface area (Å²) in [6, 6.07) is 1.79. The third-order valence-corrected chi connectivity index (χ3v) is 4.85. The molecule has 1 aromatic rings. The van der Waals surface area contributed by atoms with Gasteiger partial charge in [-0.25, -0.2) is 0 Å². The van der Waals surface area contributed by atoms with E-state index in [0.717, 1.165) is 14.5 Å². The molecule has 1 aromatic heterocycles. The van der Waals surface area contributed by atoms with Gasteiger partial charge in [0.2, 0.25) is 0 Å². The van der Waals surface area contributed by atoms with E-state index in [-0.39, 0.29) is 12.2 Å². The lowest BCUT2D eigenvalue weighted by atomic mass is 9.87. The number of hydrogen-bond acceptors (Lipinski definition) is 1. The molecule has 0 aromatic carbocycles. The Hall–Kier alpha value is -1.98. The first-order valence-electron chi connectivity index (χ1n) is 8.32. The summed E-state index contributed by atoms with van der Waals surface area (Å²) >= 11 is 0. The van der Waals surface area contributed by atoms with Gasteiger partial charge in [-0.2, -0.15) is 0 Å². The molecule has 0 amide bonds. The van der Waals surface area contributed by atoms with Crippen LogP contribution in [0.1, 0.15) is 50.6 Å². The number of ketones is 1. The van der Waals surface area contributed by atoms with Crippen LogP contribution >= 0.6 is 0 Å². The third-order valence-electron chi connectivity index (χ3n) is 4.85. The lowest BCUT2D eigenvalue weighted by Gasteiger charge is -2.30. The number of fused-ring (bicyclic) bond motifs is 2. The van der Waals surface area contributed by atoms with Gasteiger partial charge in [-0.3, -0.25) is 4.79 Å². The number of hydrogen-bond donors (Lipinski definition) is 0. The van der Waals surface area contributed by atoms with Crippen molar-refractivity contribution in [2.24, 2.45) is 5.41 Å². The van der Waals surface area contributed by atoms with Gasteiger partial charge in [0.1, 0.15) is 11.5 Å². The van der Waals surface area contributed by atoms with E-state index in [0.29, 0.717) is 29.2 Å². The normalized spacial score (nSPS) is 18.5. The number of aryl methyl sites for hydroxylation is 2. The molecule has 2 aliphatic rings. The lowest BCUT2D eigenvalue weighted by Crippen LogP contribution is -2.50. The maximum Gasteiger partial charge on any atom is 0.737 e. The summed E-state index contributed by atoms with van der Waals surface area (Å²) in [5.41, 5.74) is 2.55. The van der Waals surface area contributed by atoms with Crippen LogP contribution in [0.4, 0.5) is 8.63 Å². The zero-order chi connectivity index (χ0) is 17.9. The number of carbonyl (C=O) groups excluding carboxylic acids is 1. The van der Waals surface area contributed by atoms with Crippen LogP contribution in [-0.4, -0.2) is 27.4 Å². The first-order chi connectivity index (χ1) is 11.0. The van der Waals surface area contributed by atoms with E-state index in [1.165, 1.54) is 0 Å². The molecule has 24 heavy (non-hydrogen) atoms. The molecule has 2 aliphatic heterocycles. The molecule has 0 N–H and O–H groups in total. The van der Waals surface area contributed by atoms with Gasteiger partial charge in [-0.1, -0.05) is 20.8 Å². The number of rotatable bonds is 3. The van der Waals surface area contributed by atoms with Crippen molar-refractivity contribution < 1.29 is 17.9 Å². The van der Waals surface area contributed by atoms with Gasteiger partial charge in [-0.05, 0) is 31.2 Å². The van der Waals surface area contributed by atoms with Gasteiger partial charge in [0.15, 0.2) is 5.70 Å². The van der Waals surface area contributed by atoms with E-state index < -0.39 is 12.4 Å². The maximum atomic E-state index is 15.2. The lowest BCUT2D eigenvalue weighted by molar-refractivity contribution is -0.362. The van der Waals surface area contributed by atoms with E-state index in [4.69, 9.17) is 0 Å². The second-order valence-corrected chi connectivity index (χ2v) is 7.75. The van der Waals surface area contributed by atoms with Gasteiger partial charge in [0.25, 0.3) is 0 Å². The van der Waals surface area contributed by atoms with Crippen LogP contribution in [0.25, 0.3) is 6.08 Å². The smallest absolute Gasteiger partial charge is 0.394 e. The molecule has 0 atom stereocenters. The predicted molar refractivity (Wildman–Crippen MR) is 93.4 cm³/mol. The molecular formula is C18H23BF2N2O. The van der Waals surface area contributed by atoms with Crippen molar-refractivity contribution in [2.75, 3.05) is 0 Å². The molecule has 0 unspecified atom stereocenters. The van der Waals surface area contributed by atoms with E-state index in [9.17, 15) is 4.79 Å². The molecule has 128 valence electrons. The Morgan fingerprint density at radius 1 is 1.25 bits per heavy atom.